The molecule has 0 aliphatic heterocycles. The minimum Gasteiger partial charge on any atom is -0.478 e. The molecule has 4 aromatic rings. The van der Waals surface area contributed by atoms with E-state index in [9.17, 15) is 14.7 Å². The fourth-order valence-electron chi connectivity index (χ4n) is 3.58. The highest BCUT2D eigenvalue weighted by Gasteiger charge is 2.18. The van der Waals surface area contributed by atoms with Crippen LogP contribution in [-0.2, 0) is 16.3 Å². The molecule has 4 aromatic carbocycles. The van der Waals surface area contributed by atoms with Crippen molar-refractivity contribution in [2.45, 2.75) is 30.2 Å². The van der Waals surface area contributed by atoms with Crippen molar-refractivity contribution in [2.24, 2.45) is 0 Å². The lowest BCUT2D eigenvalue weighted by molar-refractivity contribution is -0.253. The minimum absolute atomic E-state index is 0.000468. The summed E-state index contributed by atoms with van der Waals surface area (Å²) >= 11 is 1.52. The predicted octanol–water partition coefficient (Wildman–Crippen LogP) is 6.97. The molecule has 0 aromatic heterocycles. The molecule has 0 aliphatic carbocycles. The van der Waals surface area contributed by atoms with Gasteiger partial charge in [0, 0.05) is 15.4 Å². The van der Waals surface area contributed by atoms with Gasteiger partial charge in [-0.3, -0.25) is 5.26 Å². The maximum atomic E-state index is 12.5. The molecule has 4 rings (SSSR count). The summed E-state index contributed by atoms with van der Waals surface area (Å²) in [5, 5.41) is 18.2. The Hall–Kier alpha value is -4.44. The molecule has 0 unspecified atom stereocenters. The summed E-state index contributed by atoms with van der Waals surface area (Å²) in [7, 11) is 0. The zero-order valence-corrected chi connectivity index (χ0v) is 22.1. The summed E-state index contributed by atoms with van der Waals surface area (Å²) in [5.74, 6) is -0.346. The van der Waals surface area contributed by atoms with Crippen molar-refractivity contribution in [3.05, 3.63) is 113 Å². The van der Waals surface area contributed by atoms with Crippen molar-refractivity contribution in [1.29, 1.82) is 0 Å². The average molecular weight is 547 g/mol. The van der Waals surface area contributed by atoms with Crippen molar-refractivity contribution in [1.82, 2.24) is 0 Å². The van der Waals surface area contributed by atoms with Crippen LogP contribution in [0.15, 0.2) is 94.7 Å². The van der Waals surface area contributed by atoms with Crippen LogP contribution < -0.4 is 9.47 Å². The van der Waals surface area contributed by atoms with E-state index in [1.807, 2.05) is 68.3 Å². The van der Waals surface area contributed by atoms with Gasteiger partial charge in [0.1, 0.15) is 30.6 Å². The number of rotatable bonds is 9. The second kappa shape index (κ2) is 13.9. The highest BCUT2D eigenvalue weighted by atomic mass is 32.2. The summed E-state index contributed by atoms with van der Waals surface area (Å²) < 4.78 is 11.3. The molecule has 0 amide bonds. The Morgan fingerprint density at radius 3 is 1.92 bits per heavy atom. The fourth-order valence-corrected chi connectivity index (χ4v) is 4.40. The number of esters is 1. The first kappa shape index (κ1) is 29.1. The Kier molecular flexibility index (Phi) is 10.4. The van der Waals surface area contributed by atoms with Crippen LogP contribution >= 0.6 is 11.8 Å². The van der Waals surface area contributed by atoms with E-state index >= 15 is 0 Å². The minimum atomic E-state index is -1.18. The largest absolute Gasteiger partial charge is 0.478 e. The first-order chi connectivity index (χ1) is 18.8. The van der Waals surface area contributed by atoms with E-state index in [1.54, 1.807) is 25.1 Å². The topological polar surface area (TPSA) is 119 Å². The molecule has 0 fully saturated rings. The molecule has 0 heterocycles. The second-order valence-electron chi connectivity index (χ2n) is 8.28. The number of aryl methyl sites for hydroxylation is 2. The van der Waals surface area contributed by atoms with Gasteiger partial charge in [0.2, 0.25) is 0 Å². The second-order valence-corrected chi connectivity index (χ2v) is 9.42. The first-order valence-corrected chi connectivity index (χ1v) is 12.4. The number of carboxylic acid groups (broad SMARTS) is 1. The molecule has 0 atom stereocenters. The zero-order valence-electron chi connectivity index (χ0n) is 21.2. The average Bonchev–Trinajstić information content (AvgIpc) is 2.93. The standard InChI is InChI=1S/C29H24O7S.CH2O/c1-18-4-14-27(20(15-18)17-34-33)35-21-5-9-23(10-6-21)37-24-11-7-22(8-12-24)36-29(32)25-13-3-19(2)16-26(25)28(30)31;1-2/h3-16,33H,17H2,1-2H3,(H,30,31);1H2. The Morgan fingerprint density at radius 2 is 1.33 bits per heavy atom. The van der Waals surface area contributed by atoms with Crippen LogP contribution in [0.2, 0.25) is 0 Å². The number of hydrogen-bond donors (Lipinski definition) is 2. The maximum absolute atomic E-state index is 12.5. The van der Waals surface area contributed by atoms with Crippen LogP contribution in [0.4, 0.5) is 0 Å². The van der Waals surface area contributed by atoms with Gasteiger partial charge in [-0.15, -0.1) is 0 Å². The molecule has 0 saturated heterocycles. The van der Waals surface area contributed by atoms with Crippen LogP contribution in [0.3, 0.4) is 0 Å². The third-order valence-electron chi connectivity index (χ3n) is 5.38. The molecule has 0 radical (unpaired) electrons. The molecule has 2 N–H and O–H groups in total. The number of aromatic carboxylic acids is 1. The van der Waals surface area contributed by atoms with Gasteiger partial charge in [0.15, 0.2) is 0 Å². The molecule has 0 saturated carbocycles. The lowest BCUT2D eigenvalue weighted by Crippen LogP contribution is -2.14. The van der Waals surface area contributed by atoms with Crippen molar-refractivity contribution in [3.8, 4) is 17.2 Å². The van der Waals surface area contributed by atoms with Gasteiger partial charge in [-0.1, -0.05) is 35.0 Å². The van der Waals surface area contributed by atoms with Crippen LogP contribution in [-0.4, -0.2) is 29.1 Å². The van der Waals surface area contributed by atoms with Gasteiger partial charge < -0.3 is 19.4 Å². The van der Waals surface area contributed by atoms with Gasteiger partial charge in [-0.05, 0) is 86.6 Å². The van der Waals surface area contributed by atoms with E-state index in [-0.39, 0.29) is 17.7 Å². The van der Waals surface area contributed by atoms with Crippen LogP contribution in [0, 0.1) is 13.8 Å². The smallest absolute Gasteiger partial charge is 0.344 e. The van der Waals surface area contributed by atoms with E-state index in [1.165, 1.54) is 23.9 Å². The number of carbonyl (C=O) groups is 3. The zero-order chi connectivity index (χ0) is 28.4. The summed E-state index contributed by atoms with van der Waals surface area (Å²) in [6, 6.07) is 24.7. The van der Waals surface area contributed by atoms with E-state index in [2.05, 4.69) is 4.89 Å². The molecule has 200 valence electrons. The van der Waals surface area contributed by atoms with Crippen LogP contribution in [0.5, 0.6) is 17.2 Å². The first-order valence-electron chi connectivity index (χ1n) is 11.6. The van der Waals surface area contributed by atoms with Gasteiger partial charge in [0.05, 0.1) is 11.1 Å². The number of benzene rings is 4. The van der Waals surface area contributed by atoms with Crippen LogP contribution in [0.1, 0.15) is 37.4 Å². The number of carboxylic acids is 1. The highest BCUT2D eigenvalue weighted by Crippen LogP contribution is 2.32. The fraction of sp³-hybridized carbons (Fsp3) is 0.100. The molecule has 9 heteroatoms. The number of ether oxygens (including phenoxy) is 2. The van der Waals surface area contributed by atoms with E-state index in [4.69, 9.17) is 19.5 Å². The highest BCUT2D eigenvalue weighted by molar-refractivity contribution is 7.99. The number of hydrogen-bond acceptors (Lipinski definition) is 8. The van der Waals surface area contributed by atoms with E-state index in [0.29, 0.717) is 17.2 Å². The van der Waals surface area contributed by atoms with Crippen LogP contribution in [0.25, 0.3) is 0 Å². The summed E-state index contributed by atoms with van der Waals surface area (Å²) in [5.41, 5.74) is 2.42. The van der Waals surface area contributed by atoms with Crippen molar-refractivity contribution in [3.63, 3.8) is 0 Å². The van der Waals surface area contributed by atoms with Crippen molar-refractivity contribution < 1.29 is 39.1 Å². The summed E-state index contributed by atoms with van der Waals surface area (Å²) in [4.78, 5) is 38.2. The molecule has 0 spiro atoms. The van der Waals surface area contributed by atoms with E-state index < -0.39 is 11.9 Å². The molecular formula is C30H26O8S. The van der Waals surface area contributed by atoms with Gasteiger partial charge in [-0.25, -0.2) is 14.5 Å². The number of carbonyl (C=O) groups excluding carboxylic acids is 2. The lowest BCUT2D eigenvalue weighted by Gasteiger charge is -2.12. The Morgan fingerprint density at radius 1 is 0.769 bits per heavy atom. The van der Waals surface area contributed by atoms with Gasteiger partial charge in [0.25, 0.3) is 0 Å². The maximum Gasteiger partial charge on any atom is 0.344 e. The normalized spacial score (nSPS) is 10.2. The third-order valence-corrected chi connectivity index (χ3v) is 6.40. The molecule has 8 nitrogen and oxygen atoms in total. The SMILES string of the molecule is C=O.Cc1ccc(Oc2ccc(Sc3ccc(OC(=O)c4ccc(C)cc4C(=O)O)cc3)cc2)c(COO)c1. The monoisotopic (exact) mass is 546 g/mol. The third kappa shape index (κ3) is 8.02. The summed E-state index contributed by atoms with van der Waals surface area (Å²) in [6.45, 7) is 5.74. The molecule has 0 aliphatic rings. The Balaban J connectivity index is 0.00000205. The molecular weight excluding hydrogens is 520 g/mol. The van der Waals surface area contributed by atoms with E-state index in [0.717, 1.165) is 26.5 Å². The van der Waals surface area contributed by atoms with Gasteiger partial charge >= 0.3 is 11.9 Å². The lowest BCUT2D eigenvalue weighted by atomic mass is 10.0. The van der Waals surface area contributed by atoms with Gasteiger partial charge in [-0.2, -0.15) is 0 Å². The van der Waals surface area contributed by atoms with Crippen molar-refractivity contribution in [2.75, 3.05) is 0 Å². The molecule has 0 bridgehead atoms. The quantitative estimate of drug-likeness (QED) is 0.0992. The van der Waals surface area contributed by atoms with Crippen molar-refractivity contribution >= 4 is 30.5 Å². The Bertz CT molecular complexity index is 1430. The Labute approximate surface area is 229 Å². The predicted molar refractivity (Wildman–Crippen MR) is 146 cm³/mol. The molecule has 39 heavy (non-hydrogen) atoms. The summed E-state index contributed by atoms with van der Waals surface area (Å²) in [6.07, 6.45) is 0.